The lowest BCUT2D eigenvalue weighted by molar-refractivity contribution is -0.122. The highest BCUT2D eigenvalue weighted by Gasteiger charge is 2.34. The highest BCUT2D eigenvalue weighted by molar-refractivity contribution is 9.10. The minimum Gasteiger partial charge on any atom is -0.492 e. The number of aromatic nitrogens is 1. The van der Waals surface area contributed by atoms with Crippen LogP contribution in [0.3, 0.4) is 0 Å². The largest absolute Gasteiger partial charge is 0.492 e. The predicted octanol–water partition coefficient (Wildman–Crippen LogP) is 6.05. The number of hydrogen-bond donors (Lipinski definition) is 0. The molecule has 0 bridgehead atoms. The maximum absolute atomic E-state index is 12.8. The van der Waals surface area contributed by atoms with E-state index >= 15 is 0 Å². The Balaban J connectivity index is 1.36. The molecular weight excluding hydrogens is 520 g/mol. The SMILES string of the molecule is CCCCN1C(=O)S/C(=C\c2cn(CCOc3ccc4c(c3)OCO4)c3ccc(Br)cc23)C1=O. The van der Waals surface area contributed by atoms with E-state index in [1.54, 1.807) is 0 Å². The Bertz CT molecular complexity index is 1300. The second kappa shape index (κ2) is 9.76. The second-order valence-corrected chi connectivity index (χ2v) is 9.90. The Kier molecular flexibility index (Phi) is 6.56. The zero-order valence-electron chi connectivity index (χ0n) is 18.6. The van der Waals surface area contributed by atoms with Crippen molar-refractivity contribution in [2.75, 3.05) is 19.9 Å². The summed E-state index contributed by atoms with van der Waals surface area (Å²) in [7, 11) is 0. The summed E-state index contributed by atoms with van der Waals surface area (Å²) in [5.74, 6) is 1.90. The number of imide groups is 1. The number of fused-ring (bicyclic) bond motifs is 2. The van der Waals surface area contributed by atoms with Crippen molar-refractivity contribution in [3.63, 3.8) is 0 Å². The summed E-state index contributed by atoms with van der Waals surface area (Å²) in [6.45, 7) is 3.79. The molecule has 34 heavy (non-hydrogen) atoms. The van der Waals surface area contributed by atoms with E-state index in [0.29, 0.717) is 36.1 Å². The lowest BCUT2D eigenvalue weighted by Gasteiger charge is -2.10. The van der Waals surface area contributed by atoms with Crippen molar-refractivity contribution < 1.29 is 23.8 Å². The molecule has 0 spiro atoms. The monoisotopic (exact) mass is 542 g/mol. The molecular formula is C25H23BrN2O5S. The number of halogens is 1. The van der Waals surface area contributed by atoms with Crippen molar-refractivity contribution in [1.82, 2.24) is 9.47 Å². The minimum atomic E-state index is -0.217. The average molecular weight is 543 g/mol. The smallest absolute Gasteiger partial charge is 0.293 e. The summed E-state index contributed by atoms with van der Waals surface area (Å²) in [5, 5.41) is 0.796. The predicted molar refractivity (Wildman–Crippen MR) is 135 cm³/mol. The Morgan fingerprint density at radius 3 is 2.82 bits per heavy atom. The van der Waals surface area contributed by atoms with Crippen molar-refractivity contribution in [2.45, 2.75) is 26.3 Å². The molecule has 3 heterocycles. The normalized spacial score (nSPS) is 16.3. The molecule has 9 heteroatoms. The number of unbranched alkanes of at least 4 members (excludes halogenated alkanes) is 1. The maximum Gasteiger partial charge on any atom is 0.293 e. The Labute approximate surface area is 209 Å². The van der Waals surface area contributed by atoms with E-state index in [-0.39, 0.29) is 17.9 Å². The van der Waals surface area contributed by atoms with Crippen molar-refractivity contribution in [1.29, 1.82) is 0 Å². The van der Waals surface area contributed by atoms with Crippen LogP contribution < -0.4 is 14.2 Å². The van der Waals surface area contributed by atoms with Crippen molar-refractivity contribution >= 4 is 55.8 Å². The fraction of sp³-hybridized carbons (Fsp3) is 0.280. The number of carbonyl (C=O) groups excluding carboxylic acids is 2. The van der Waals surface area contributed by atoms with E-state index in [4.69, 9.17) is 14.2 Å². The van der Waals surface area contributed by atoms with Gasteiger partial charge in [0.15, 0.2) is 11.5 Å². The number of benzene rings is 2. The van der Waals surface area contributed by atoms with E-state index in [0.717, 1.165) is 51.3 Å². The molecule has 2 aliphatic heterocycles. The third-order valence-electron chi connectivity index (χ3n) is 5.71. The molecule has 0 unspecified atom stereocenters. The van der Waals surface area contributed by atoms with Gasteiger partial charge in [0.1, 0.15) is 12.4 Å². The lowest BCUT2D eigenvalue weighted by atomic mass is 10.1. The number of carbonyl (C=O) groups is 2. The van der Waals surface area contributed by atoms with E-state index < -0.39 is 0 Å². The molecule has 1 saturated heterocycles. The van der Waals surface area contributed by atoms with Gasteiger partial charge in [-0.05, 0) is 54.6 Å². The number of hydrogen-bond acceptors (Lipinski definition) is 6. The number of rotatable bonds is 8. The topological polar surface area (TPSA) is 70.0 Å². The molecule has 7 nitrogen and oxygen atoms in total. The molecule has 2 aliphatic rings. The fourth-order valence-corrected chi connectivity index (χ4v) is 5.19. The van der Waals surface area contributed by atoms with Crippen LogP contribution in [0.4, 0.5) is 4.79 Å². The quantitative estimate of drug-likeness (QED) is 0.323. The summed E-state index contributed by atoms with van der Waals surface area (Å²) in [6.07, 6.45) is 5.55. The zero-order valence-corrected chi connectivity index (χ0v) is 21.0. The summed E-state index contributed by atoms with van der Waals surface area (Å²) < 4.78 is 19.7. The highest BCUT2D eigenvalue weighted by Crippen LogP contribution is 2.36. The van der Waals surface area contributed by atoms with Crippen LogP contribution in [-0.4, -0.2) is 40.6 Å². The first-order valence-corrected chi connectivity index (χ1v) is 12.7. The third kappa shape index (κ3) is 4.54. The van der Waals surface area contributed by atoms with E-state index in [9.17, 15) is 9.59 Å². The van der Waals surface area contributed by atoms with Crippen LogP contribution in [-0.2, 0) is 11.3 Å². The minimum absolute atomic E-state index is 0.202. The molecule has 176 valence electrons. The third-order valence-corrected chi connectivity index (χ3v) is 7.12. The van der Waals surface area contributed by atoms with E-state index in [2.05, 4.69) is 20.5 Å². The van der Waals surface area contributed by atoms with Crippen molar-refractivity contribution in [2.24, 2.45) is 0 Å². The van der Waals surface area contributed by atoms with Crippen LogP contribution in [0.2, 0.25) is 0 Å². The molecule has 0 atom stereocenters. The van der Waals surface area contributed by atoms with Crippen LogP contribution in [0.5, 0.6) is 17.2 Å². The number of nitrogens with zero attached hydrogens (tertiary/aromatic N) is 2. The standard InChI is InChI=1S/C25H23BrN2O5S/c1-2-3-8-28-24(29)23(34-25(28)30)11-16-14-27(20-6-4-17(26)12-19(16)20)9-10-31-18-5-7-21-22(13-18)33-15-32-21/h4-7,11-14H,2-3,8-10,15H2,1H3/b23-11-. The molecule has 0 N–H and O–H groups in total. The van der Waals surface area contributed by atoms with Crippen molar-refractivity contribution in [3.8, 4) is 17.2 Å². The molecule has 2 aromatic carbocycles. The molecule has 0 aliphatic carbocycles. The van der Waals surface area contributed by atoms with Gasteiger partial charge < -0.3 is 18.8 Å². The van der Waals surface area contributed by atoms with Gasteiger partial charge in [0.05, 0.1) is 11.4 Å². The van der Waals surface area contributed by atoms with E-state index in [1.807, 2.05) is 55.6 Å². The first kappa shape index (κ1) is 22.9. The Hall–Kier alpha value is -2.91. The van der Waals surface area contributed by atoms with Gasteiger partial charge in [0.2, 0.25) is 6.79 Å². The molecule has 0 saturated carbocycles. The average Bonchev–Trinajstić information content (AvgIpc) is 3.49. The summed E-state index contributed by atoms with van der Waals surface area (Å²) in [4.78, 5) is 26.9. The first-order valence-electron chi connectivity index (χ1n) is 11.1. The lowest BCUT2D eigenvalue weighted by Crippen LogP contribution is -2.29. The second-order valence-electron chi connectivity index (χ2n) is 7.99. The molecule has 2 amide bonds. The number of amides is 2. The summed E-state index contributed by atoms with van der Waals surface area (Å²) in [6, 6.07) is 11.6. The van der Waals surface area contributed by atoms with E-state index in [1.165, 1.54) is 4.90 Å². The molecule has 0 radical (unpaired) electrons. The van der Waals surface area contributed by atoms with Gasteiger partial charge in [-0.2, -0.15) is 0 Å². The Morgan fingerprint density at radius 2 is 1.97 bits per heavy atom. The van der Waals surface area contributed by atoms with Gasteiger partial charge in [-0.3, -0.25) is 14.5 Å². The summed E-state index contributed by atoms with van der Waals surface area (Å²) >= 11 is 4.55. The first-order chi connectivity index (χ1) is 16.5. The van der Waals surface area contributed by atoms with Gasteiger partial charge in [0, 0.05) is 39.7 Å². The fourth-order valence-electron chi connectivity index (χ4n) is 3.98. The van der Waals surface area contributed by atoms with Crippen molar-refractivity contribution in [3.05, 3.63) is 57.5 Å². The van der Waals surface area contributed by atoms with Crippen LogP contribution in [0.15, 0.2) is 52.0 Å². The zero-order chi connectivity index (χ0) is 23.7. The number of ether oxygens (including phenoxy) is 3. The molecule has 1 aromatic heterocycles. The van der Waals surface area contributed by atoms with Crippen LogP contribution in [0.25, 0.3) is 17.0 Å². The summed E-state index contributed by atoms with van der Waals surface area (Å²) in [5.41, 5.74) is 1.91. The van der Waals surface area contributed by atoms with Gasteiger partial charge in [-0.25, -0.2) is 0 Å². The van der Waals surface area contributed by atoms with Crippen LogP contribution in [0, 0.1) is 0 Å². The van der Waals surface area contributed by atoms with Gasteiger partial charge >= 0.3 is 0 Å². The van der Waals surface area contributed by atoms with Gasteiger partial charge in [-0.15, -0.1) is 0 Å². The Morgan fingerprint density at radius 1 is 1.12 bits per heavy atom. The highest BCUT2D eigenvalue weighted by atomic mass is 79.9. The van der Waals surface area contributed by atoms with Crippen LogP contribution in [0.1, 0.15) is 25.3 Å². The molecule has 3 aromatic rings. The molecule has 1 fully saturated rings. The number of thioether (sulfide) groups is 1. The molecule has 5 rings (SSSR count). The van der Waals surface area contributed by atoms with Gasteiger partial charge in [-0.1, -0.05) is 29.3 Å². The van der Waals surface area contributed by atoms with Gasteiger partial charge in [0.25, 0.3) is 11.1 Å². The van der Waals surface area contributed by atoms with Crippen LogP contribution >= 0.6 is 27.7 Å². The maximum atomic E-state index is 12.8.